The molecule has 2 heterocycles. The van der Waals surface area contributed by atoms with E-state index in [-0.39, 0.29) is 5.84 Å². The van der Waals surface area contributed by atoms with E-state index >= 15 is 0 Å². The Morgan fingerprint density at radius 3 is 2.94 bits per heavy atom. The van der Waals surface area contributed by atoms with Crippen LogP contribution in [0.3, 0.4) is 0 Å². The lowest BCUT2D eigenvalue weighted by atomic mass is 10.3. The number of aryl methyl sites for hydroxylation is 1. The van der Waals surface area contributed by atoms with Gasteiger partial charge in [0.15, 0.2) is 4.34 Å². The molecule has 0 amide bonds. The molecule has 0 atom stereocenters. The molecule has 3 N–H and O–H groups in total. The fraction of sp³-hybridized carbons (Fsp3) is 0.111. The standard InChI is InChI=1S/C9H9N5S2/c1-5-13-14-9(15-5)16-6-2-3-12-7(4-6)8(10)11/h2-4H,1H3,(H3,10,11). The van der Waals surface area contributed by atoms with Crippen molar-refractivity contribution in [2.24, 2.45) is 5.73 Å². The molecule has 2 rings (SSSR count). The van der Waals surface area contributed by atoms with Gasteiger partial charge < -0.3 is 5.73 Å². The largest absolute Gasteiger partial charge is 0.382 e. The first-order valence-corrected chi connectivity index (χ1v) is 6.07. The summed E-state index contributed by atoms with van der Waals surface area (Å²) in [7, 11) is 0. The highest BCUT2D eigenvalue weighted by atomic mass is 32.2. The minimum absolute atomic E-state index is 0.0316. The van der Waals surface area contributed by atoms with E-state index < -0.39 is 0 Å². The molecule has 0 saturated heterocycles. The fourth-order valence-electron chi connectivity index (χ4n) is 1.04. The highest BCUT2D eigenvalue weighted by Gasteiger charge is 2.05. The monoisotopic (exact) mass is 251 g/mol. The van der Waals surface area contributed by atoms with E-state index in [2.05, 4.69) is 15.2 Å². The van der Waals surface area contributed by atoms with Crippen molar-refractivity contribution >= 4 is 28.9 Å². The highest BCUT2D eigenvalue weighted by molar-refractivity contribution is 8.01. The number of rotatable bonds is 3. The van der Waals surface area contributed by atoms with Crippen molar-refractivity contribution in [3.63, 3.8) is 0 Å². The summed E-state index contributed by atoms with van der Waals surface area (Å²) in [6, 6.07) is 3.62. The topological polar surface area (TPSA) is 88.5 Å². The average Bonchev–Trinajstić information content (AvgIpc) is 2.64. The predicted molar refractivity (Wildman–Crippen MR) is 64.0 cm³/mol. The molecule has 16 heavy (non-hydrogen) atoms. The highest BCUT2D eigenvalue weighted by Crippen LogP contribution is 2.29. The van der Waals surface area contributed by atoms with Crippen LogP contribution in [0.15, 0.2) is 27.6 Å². The zero-order valence-electron chi connectivity index (χ0n) is 8.47. The van der Waals surface area contributed by atoms with E-state index in [0.717, 1.165) is 14.2 Å². The van der Waals surface area contributed by atoms with Crippen molar-refractivity contribution < 1.29 is 0 Å². The summed E-state index contributed by atoms with van der Waals surface area (Å²) < 4.78 is 0.873. The zero-order valence-corrected chi connectivity index (χ0v) is 10.1. The van der Waals surface area contributed by atoms with E-state index in [1.165, 1.54) is 23.1 Å². The Morgan fingerprint density at radius 1 is 1.50 bits per heavy atom. The number of amidine groups is 1. The van der Waals surface area contributed by atoms with Crippen LogP contribution in [0, 0.1) is 12.3 Å². The lowest BCUT2D eigenvalue weighted by Gasteiger charge is -2.00. The van der Waals surface area contributed by atoms with Crippen LogP contribution >= 0.6 is 23.1 Å². The lowest BCUT2D eigenvalue weighted by Crippen LogP contribution is -2.12. The van der Waals surface area contributed by atoms with Crippen LogP contribution in [0.25, 0.3) is 0 Å². The second-order valence-corrected chi connectivity index (χ2v) is 5.48. The molecule has 0 spiro atoms. The minimum atomic E-state index is -0.0316. The van der Waals surface area contributed by atoms with Crippen LogP contribution < -0.4 is 5.73 Å². The van der Waals surface area contributed by atoms with Crippen LogP contribution in [-0.2, 0) is 0 Å². The number of pyridine rings is 1. The van der Waals surface area contributed by atoms with E-state index in [4.69, 9.17) is 11.1 Å². The quantitative estimate of drug-likeness (QED) is 0.640. The molecule has 7 heteroatoms. The van der Waals surface area contributed by atoms with Crippen LogP contribution in [0.4, 0.5) is 0 Å². The third-order valence-corrected chi connectivity index (χ3v) is 3.60. The van der Waals surface area contributed by atoms with Crippen LogP contribution in [-0.4, -0.2) is 21.0 Å². The van der Waals surface area contributed by atoms with Gasteiger partial charge in [-0.25, -0.2) is 0 Å². The first kappa shape index (κ1) is 11.0. The van der Waals surface area contributed by atoms with Gasteiger partial charge in [-0.3, -0.25) is 10.4 Å². The summed E-state index contributed by atoms with van der Waals surface area (Å²) in [6.07, 6.45) is 1.63. The summed E-state index contributed by atoms with van der Waals surface area (Å²) >= 11 is 3.02. The Balaban J connectivity index is 2.21. The van der Waals surface area contributed by atoms with Crippen molar-refractivity contribution in [1.82, 2.24) is 15.2 Å². The molecule has 0 aliphatic heterocycles. The summed E-state index contributed by atoms with van der Waals surface area (Å²) in [6.45, 7) is 1.91. The summed E-state index contributed by atoms with van der Waals surface area (Å²) in [5.74, 6) is -0.0316. The number of nitrogens with two attached hydrogens (primary N) is 1. The fourth-order valence-corrected chi connectivity index (χ4v) is 2.86. The maximum Gasteiger partial charge on any atom is 0.179 e. The van der Waals surface area contributed by atoms with Gasteiger partial charge in [0.25, 0.3) is 0 Å². The average molecular weight is 251 g/mol. The van der Waals surface area contributed by atoms with Crippen LogP contribution in [0.5, 0.6) is 0 Å². The Kier molecular flexibility index (Phi) is 3.16. The number of nitrogens with one attached hydrogen (secondary N) is 1. The smallest absolute Gasteiger partial charge is 0.179 e. The maximum absolute atomic E-state index is 7.30. The summed E-state index contributed by atoms with van der Waals surface area (Å²) in [5.41, 5.74) is 5.84. The number of nitrogen functional groups attached to an aromatic ring is 1. The third-order valence-electron chi connectivity index (χ3n) is 1.72. The molecule has 0 bridgehead atoms. The minimum Gasteiger partial charge on any atom is -0.382 e. The van der Waals surface area contributed by atoms with E-state index in [1.54, 1.807) is 12.3 Å². The molecule has 0 radical (unpaired) electrons. The van der Waals surface area contributed by atoms with Crippen LogP contribution in [0.2, 0.25) is 0 Å². The van der Waals surface area contributed by atoms with Gasteiger partial charge in [0.2, 0.25) is 0 Å². The summed E-state index contributed by atoms with van der Waals surface area (Å²) in [4.78, 5) is 4.95. The zero-order chi connectivity index (χ0) is 11.5. The molecule has 0 saturated carbocycles. The van der Waals surface area contributed by atoms with Gasteiger partial charge in [-0.2, -0.15) is 0 Å². The van der Waals surface area contributed by atoms with Gasteiger partial charge in [-0.15, -0.1) is 10.2 Å². The molecular weight excluding hydrogens is 242 g/mol. The number of aromatic nitrogens is 3. The predicted octanol–water partition coefficient (Wildman–Crippen LogP) is 1.68. The van der Waals surface area contributed by atoms with Gasteiger partial charge in [-0.05, 0) is 19.1 Å². The molecular formula is C9H9N5S2. The van der Waals surface area contributed by atoms with Gasteiger partial charge in [-0.1, -0.05) is 23.1 Å². The third kappa shape index (κ3) is 2.56. The molecule has 2 aromatic heterocycles. The number of nitrogens with zero attached hydrogens (tertiary/aromatic N) is 3. The molecule has 0 aliphatic rings. The second kappa shape index (κ2) is 4.58. The second-order valence-electron chi connectivity index (χ2n) is 2.98. The molecule has 0 aliphatic carbocycles. The summed E-state index contributed by atoms with van der Waals surface area (Å²) in [5, 5.41) is 16.2. The van der Waals surface area contributed by atoms with Crippen LogP contribution in [0.1, 0.15) is 10.7 Å². The normalized spacial score (nSPS) is 10.3. The van der Waals surface area contributed by atoms with Gasteiger partial charge in [0.05, 0.1) is 0 Å². The van der Waals surface area contributed by atoms with Gasteiger partial charge in [0, 0.05) is 11.1 Å². The Bertz CT molecular complexity index is 522. The first-order valence-electron chi connectivity index (χ1n) is 4.43. The Morgan fingerprint density at radius 2 is 2.31 bits per heavy atom. The SMILES string of the molecule is Cc1nnc(Sc2ccnc(C(=N)N)c2)s1. The van der Waals surface area contributed by atoms with Crippen molar-refractivity contribution in [2.45, 2.75) is 16.2 Å². The van der Waals surface area contributed by atoms with E-state index in [0.29, 0.717) is 5.69 Å². The van der Waals surface area contributed by atoms with Crippen molar-refractivity contribution in [3.05, 3.63) is 29.0 Å². The first-order chi connectivity index (χ1) is 7.65. The molecule has 0 aromatic carbocycles. The van der Waals surface area contributed by atoms with Crippen molar-refractivity contribution in [2.75, 3.05) is 0 Å². The van der Waals surface area contributed by atoms with E-state index in [1.807, 2.05) is 13.0 Å². The van der Waals surface area contributed by atoms with Gasteiger partial charge >= 0.3 is 0 Å². The van der Waals surface area contributed by atoms with E-state index in [9.17, 15) is 0 Å². The maximum atomic E-state index is 7.30. The molecule has 82 valence electrons. The molecule has 2 aromatic rings. The number of hydrogen-bond acceptors (Lipinski definition) is 6. The molecule has 0 unspecified atom stereocenters. The van der Waals surface area contributed by atoms with Crippen molar-refractivity contribution in [3.8, 4) is 0 Å². The molecule has 5 nitrogen and oxygen atoms in total. The van der Waals surface area contributed by atoms with Gasteiger partial charge in [0.1, 0.15) is 16.5 Å². The van der Waals surface area contributed by atoms with Crippen molar-refractivity contribution in [1.29, 1.82) is 5.41 Å². The lowest BCUT2D eigenvalue weighted by molar-refractivity contribution is 0.983. The Hall–Kier alpha value is -1.47. The Labute approximate surface area is 101 Å². The number of hydrogen-bond donors (Lipinski definition) is 2. The molecule has 0 fully saturated rings.